The molecule has 0 aliphatic carbocycles. The van der Waals surface area contributed by atoms with Crippen molar-refractivity contribution in [2.24, 2.45) is 0 Å². The molecule has 0 N–H and O–H groups in total. The molecule has 2 rings (SSSR count). The lowest BCUT2D eigenvalue weighted by Gasteiger charge is -2.02. The van der Waals surface area contributed by atoms with Crippen molar-refractivity contribution in [2.75, 3.05) is 0 Å². The minimum absolute atomic E-state index is 0.201. The van der Waals surface area contributed by atoms with Crippen LogP contribution in [-0.4, -0.2) is 5.16 Å². The van der Waals surface area contributed by atoms with Crippen molar-refractivity contribution in [3.8, 4) is 11.1 Å². The first-order valence-electron chi connectivity index (χ1n) is 4.79. The summed E-state index contributed by atoms with van der Waals surface area (Å²) in [5.74, 6) is 0.517. The number of nitrogens with zero attached hydrogens (tertiary/aromatic N) is 1. The third-order valence-corrected chi connectivity index (χ3v) is 2.49. The zero-order valence-corrected chi connectivity index (χ0v) is 8.97. The molecule has 0 radical (unpaired) electrons. The molecule has 0 saturated heterocycles. The highest BCUT2D eigenvalue weighted by Crippen LogP contribution is 2.27. The van der Waals surface area contributed by atoms with Crippen molar-refractivity contribution in [2.45, 2.75) is 20.8 Å². The standard InChI is InChI=1S/C12H12FNO/c1-7-4-5-10(6-11(7)13)12-8(2)14-15-9(12)3/h4-6H,1-3H3. The maximum Gasteiger partial charge on any atom is 0.141 e. The largest absolute Gasteiger partial charge is 0.361 e. The van der Waals surface area contributed by atoms with Gasteiger partial charge < -0.3 is 4.52 Å². The maximum absolute atomic E-state index is 13.4. The van der Waals surface area contributed by atoms with Crippen LogP contribution in [0.2, 0.25) is 0 Å². The molecule has 0 atom stereocenters. The van der Waals surface area contributed by atoms with E-state index in [4.69, 9.17) is 4.52 Å². The summed E-state index contributed by atoms with van der Waals surface area (Å²) < 4.78 is 18.4. The predicted molar refractivity (Wildman–Crippen MR) is 56.1 cm³/mol. The Hall–Kier alpha value is -1.64. The van der Waals surface area contributed by atoms with Crippen LogP contribution in [0, 0.1) is 26.6 Å². The van der Waals surface area contributed by atoms with Crippen molar-refractivity contribution in [3.05, 3.63) is 41.0 Å². The van der Waals surface area contributed by atoms with Gasteiger partial charge in [-0.2, -0.15) is 0 Å². The highest BCUT2D eigenvalue weighted by atomic mass is 19.1. The second-order valence-corrected chi connectivity index (χ2v) is 3.66. The van der Waals surface area contributed by atoms with Gasteiger partial charge in [0.1, 0.15) is 11.6 Å². The van der Waals surface area contributed by atoms with Gasteiger partial charge in [-0.05, 0) is 38.0 Å². The molecule has 0 fully saturated rings. The molecule has 0 bridgehead atoms. The van der Waals surface area contributed by atoms with Gasteiger partial charge >= 0.3 is 0 Å². The van der Waals surface area contributed by atoms with Crippen LogP contribution in [0.4, 0.5) is 4.39 Å². The van der Waals surface area contributed by atoms with Crippen LogP contribution in [-0.2, 0) is 0 Å². The lowest BCUT2D eigenvalue weighted by atomic mass is 10.0. The smallest absolute Gasteiger partial charge is 0.141 e. The summed E-state index contributed by atoms with van der Waals surface area (Å²) in [6.07, 6.45) is 0. The Labute approximate surface area is 87.7 Å². The average molecular weight is 205 g/mol. The van der Waals surface area contributed by atoms with E-state index in [0.717, 1.165) is 22.6 Å². The van der Waals surface area contributed by atoms with E-state index < -0.39 is 0 Å². The van der Waals surface area contributed by atoms with E-state index in [1.165, 1.54) is 6.07 Å². The quantitative estimate of drug-likeness (QED) is 0.713. The maximum atomic E-state index is 13.4. The minimum atomic E-state index is -0.201. The molecule has 0 amide bonds. The van der Waals surface area contributed by atoms with E-state index in [2.05, 4.69) is 5.16 Å². The molecule has 0 saturated carbocycles. The minimum Gasteiger partial charge on any atom is -0.361 e. The summed E-state index contributed by atoms with van der Waals surface area (Å²) in [6, 6.07) is 5.16. The number of rotatable bonds is 1. The molecule has 0 spiro atoms. The van der Waals surface area contributed by atoms with E-state index in [9.17, 15) is 4.39 Å². The van der Waals surface area contributed by atoms with E-state index in [1.54, 1.807) is 13.0 Å². The molecule has 15 heavy (non-hydrogen) atoms. The van der Waals surface area contributed by atoms with Crippen molar-refractivity contribution in [3.63, 3.8) is 0 Å². The van der Waals surface area contributed by atoms with Gasteiger partial charge in [-0.15, -0.1) is 0 Å². The third kappa shape index (κ3) is 1.65. The summed E-state index contributed by atoms with van der Waals surface area (Å²) in [5, 5.41) is 3.85. The number of aryl methyl sites for hydroxylation is 3. The van der Waals surface area contributed by atoms with Gasteiger partial charge in [0, 0.05) is 5.56 Å². The molecule has 78 valence electrons. The number of hydrogen-bond donors (Lipinski definition) is 0. The molecule has 0 aliphatic heterocycles. The molecule has 1 aromatic carbocycles. The molecular formula is C12H12FNO. The van der Waals surface area contributed by atoms with Gasteiger partial charge in [0.05, 0.1) is 5.69 Å². The molecule has 1 aromatic heterocycles. The van der Waals surface area contributed by atoms with Crippen molar-refractivity contribution >= 4 is 0 Å². The van der Waals surface area contributed by atoms with Crippen LogP contribution in [0.1, 0.15) is 17.0 Å². The molecule has 2 nitrogen and oxygen atoms in total. The van der Waals surface area contributed by atoms with Crippen molar-refractivity contribution in [1.82, 2.24) is 5.16 Å². The van der Waals surface area contributed by atoms with Crippen LogP contribution in [0.5, 0.6) is 0 Å². The fourth-order valence-corrected chi connectivity index (χ4v) is 1.64. The number of aromatic nitrogens is 1. The number of hydrogen-bond acceptors (Lipinski definition) is 2. The van der Waals surface area contributed by atoms with Gasteiger partial charge in [-0.25, -0.2) is 4.39 Å². The summed E-state index contributed by atoms with van der Waals surface area (Å²) in [4.78, 5) is 0. The van der Waals surface area contributed by atoms with Crippen LogP contribution in [0.15, 0.2) is 22.7 Å². The highest BCUT2D eigenvalue weighted by Gasteiger charge is 2.12. The van der Waals surface area contributed by atoms with Crippen LogP contribution >= 0.6 is 0 Å². The zero-order chi connectivity index (χ0) is 11.0. The normalized spacial score (nSPS) is 10.7. The number of benzene rings is 1. The summed E-state index contributed by atoms with van der Waals surface area (Å²) in [5.41, 5.74) is 3.13. The topological polar surface area (TPSA) is 26.0 Å². The Morgan fingerprint density at radius 1 is 1.20 bits per heavy atom. The van der Waals surface area contributed by atoms with Gasteiger partial charge in [0.25, 0.3) is 0 Å². The van der Waals surface area contributed by atoms with Crippen LogP contribution in [0.3, 0.4) is 0 Å². The Balaban J connectivity index is 2.59. The second-order valence-electron chi connectivity index (χ2n) is 3.66. The fourth-order valence-electron chi connectivity index (χ4n) is 1.64. The summed E-state index contributed by atoms with van der Waals surface area (Å²) in [7, 11) is 0. The molecule has 0 aliphatic rings. The Bertz CT molecular complexity index is 483. The first kappa shape index (κ1) is 9.90. The first-order chi connectivity index (χ1) is 7.09. The van der Waals surface area contributed by atoms with Gasteiger partial charge in [-0.1, -0.05) is 17.3 Å². The highest BCUT2D eigenvalue weighted by molar-refractivity contribution is 5.67. The van der Waals surface area contributed by atoms with E-state index in [-0.39, 0.29) is 5.82 Å². The monoisotopic (exact) mass is 205 g/mol. The van der Waals surface area contributed by atoms with Gasteiger partial charge in [0.15, 0.2) is 0 Å². The molecule has 1 heterocycles. The second kappa shape index (κ2) is 3.50. The first-order valence-corrected chi connectivity index (χ1v) is 4.79. The van der Waals surface area contributed by atoms with Gasteiger partial charge in [0.2, 0.25) is 0 Å². The third-order valence-electron chi connectivity index (χ3n) is 2.49. The zero-order valence-electron chi connectivity index (χ0n) is 8.97. The Morgan fingerprint density at radius 3 is 2.47 bits per heavy atom. The number of halogens is 1. The SMILES string of the molecule is Cc1ccc(-c2c(C)noc2C)cc1F. The Kier molecular flexibility index (Phi) is 2.31. The van der Waals surface area contributed by atoms with Crippen molar-refractivity contribution in [1.29, 1.82) is 0 Å². The van der Waals surface area contributed by atoms with E-state index in [0.29, 0.717) is 5.56 Å². The lowest BCUT2D eigenvalue weighted by molar-refractivity contribution is 0.393. The van der Waals surface area contributed by atoms with Crippen LogP contribution < -0.4 is 0 Å². The molecule has 0 unspecified atom stereocenters. The van der Waals surface area contributed by atoms with Crippen molar-refractivity contribution < 1.29 is 8.91 Å². The van der Waals surface area contributed by atoms with E-state index in [1.807, 2.05) is 19.9 Å². The average Bonchev–Trinajstić information content (AvgIpc) is 2.52. The molecular weight excluding hydrogens is 193 g/mol. The molecule has 3 heteroatoms. The van der Waals surface area contributed by atoms with E-state index >= 15 is 0 Å². The summed E-state index contributed by atoms with van der Waals surface area (Å²) >= 11 is 0. The predicted octanol–water partition coefficient (Wildman–Crippen LogP) is 3.41. The lowest BCUT2D eigenvalue weighted by Crippen LogP contribution is -1.86. The van der Waals surface area contributed by atoms with Gasteiger partial charge in [-0.3, -0.25) is 0 Å². The fraction of sp³-hybridized carbons (Fsp3) is 0.250. The summed E-state index contributed by atoms with van der Waals surface area (Å²) in [6.45, 7) is 5.42. The van der Waals surface area contributed by atoms with Crippen LogP contribution in [0.25, 0.3) is 11.1 Å². The Morgan fingerprint density at radius 2 is 1.93 bits per heavy atom. The molecule has 2 aromatic rings.